The summed E-state index contributed by atoms with van der Waals surface area (Å²) in [6.45, 7) is 6.80. The quantitative estimate of drug-likeness (QED) is 0.699. The predicted octanol–water partition coefficient (Wildman–Crippen LogP) is 5.03. The number of nitrogens with one attached hydrogen (secondary N) is 1. The number of nitrogens with zero attached hydrogens (tertiary/aromatic N) is 1. The fourth-order valence-electron chi connectivity index (χ4n) is 4.23. The molecule has 30 heavy (non-hydrogen) atoms. The molecule has 0 spiro atoms. The first kappa shape index (κ1) is 21.9. The third-order valence-electron chi connectivity index (χ3n) is 6.12. The van der Waals surface area contributed by atoms with Crippen LogP contribution in [0.2, 0.25) is 0 Å². The van der Waals surface area contributed by atoms with Crippen LogP contribution >= 0.6 is 0 Å². The number of amides is 2. The molecule has 1 aliphatic rings. The van der Waals surface area contributed by atoms with Crippen molar-refractivity contribution in [1.29, 1.82) is 0 Å². The molecule has 2 aromatic carbocycles. The molecule has 1 fully saturated rings. The highest BCUT2D eigenvalue weighted by atomic mass is 16.5. The lowest BCUT2D eigenvalue weighted by atomic mass is 9.83. The summed E-state index contributed by atoms with van der Waals surface area (Å²) in [5.74, 6) is 0.433. The van der Waals surface area contributed by atoms with E-state index < -0.39 is 0 Å². The minimum Gasteiger partial charge on any atom is -0.496 e. The van der Waals surface area contributed by atoms with Crippen LogP contribution in [0.25, 0.3) is 0 Å². The Bertz CT molecular complexity index is 909. The van der Waals surface area contributed by atoms with E-state index in [1.165, 1.54) is 0 Å². The van der Waals surface area contributed by atoms with Crippen LogP contribution < -0.4 is 10.1 Å². The van der Waals surface area contributed by atoms with Crippen LogP contribution in [0.15, 0.2) is 42.5 Å². The number of ether oxygens (including phenoxy) is 1. The molecule has 3 rings (SSSR count). The number of aryl methyl sites for hydroxylation is 1. The van der Waals surface area contributed by atoms with Crippen molar-refractivity contribution < 1.29 is 14.3 Å². The molecule has 1 N–H and O–H groups in total. The molecule has 0 bridgehead atoms. The second-order valence-electron chi connectivity index (χ2n) is 8.01. The fraction of sp³-hybridized carbons (Fsp3) is 0.440. The first-order valence-electron chi connectivity index (χ1n) is 10.8. The molecule has 0 saturated carbocycles. The average molecular weight is 409 g/mol. The lowest BCUT2D eigenvalue weighted by Gasteiger charge is -2.41. The van der Waals surface area contributed by atoms with Crippen LogP contribution in [0.1, 0.15) is 55.3 Å². The Morgan fingerprint density at radius 2 is 1.93 bits per heavy atom. The lowest BCUT2D eigenvalue weighted by Crippen LogP contribution is -2.47. The summed E-state index contributed by atoms with van der Waals surface area (Å²) < 4.78 is 5.60. The van der Waals surface area contributed by atoms with Crippen molar-refractivity contribution in [2.75, 3.05) is 19.0 Å². The molecule has 5 heteroatoms. The second-order valence-corrected chi connectivity index (χ2v) is 8.01. The van der Waals surface area contributed by atoms with Gasteiger partial charge in [0.15, 0.2) is 0 Å². The van der Waals surface area contributed by atoms with Crippen LogP contribution in [0, 0.1) is 19.8 Å². The number of benzene rings is 2. The van der Waals surface area contributed by atoms with E-state index in [0.29, 0.717) is 25.1 Å². The van der Waals surface area contributed by atoms with E-state index in [-0.39, 0.29) is 23.8 Å². The molecule has 2 amide bonds. The Balaban J connectivity index is 1.98. The number of carbonyl (C=O) groups excluding carboxylic acids is 2. The van der Waals surface area contributed by atoms with E-state index in [1.807, 2.05) is 61.2 Å². The Hall–Kier alpha value is -2.82. The smallest absolute Gasteiger partial charge is 0.229 e. The van der Waals surface area contributed by atoms with Crippen molar-refractivity contribution in [3.8, 4) is 5.75 Å². The SMILES string of the molecule is CCCCN1C(=O)CC[C@H](C(=O)Nc2cccc(C)c2C)[C@H]1c1ccccc1OC. The van der Waals surface area contributed by atoms with Crippen LogP contribution in [0.3, 0.4) is 0 Å². The van der Waals surface area contributed by atoms with Gasteiger partial charge >= 0.3 is 0 Å². The summed E-state index contributed by atoms with van der Waals surface area (Å²) in [6.07, 6.45) is 2.81. The standard InChI is InChI=1S/C25H32N2O3/c1-5-6-16-27-23(28)15-14-20(24(27)19-11-7-8-13-22(19)30-4)25(29)26-21-12-9-10-17(2)18(21)3/h7-13,20,24H,5-6,14-16H2,1-4H3,(H,26,29)/t20-,24+/m0/s1. The fourth-order valence-corrected chi connectivity index (χ4v) is 4.23. The summed E-state index contributed by atoms with van der Waals surface area (Å²) in [5, 5.41) is 3.13. The normalized spacial score (nSPS) is 18.9. The van der Waals surface area contributed by atoms with Gasteiger partial charge < -0.3 is 15.0 Å². The predicted molar refractivity (Wildman–Crippen MR) is 120 cm³/mol. The van der Waals surface area contributed by atoms with Gasteiger partial charge in [-0.1, -0.05) is 43.7 Å². The van der Waals surface area contributed by atoms with Gasteiger partial charge in [-0.15, -0.1) is 0 Å². The van der Waals surface area contributed by atoms with Crippen molar-refractivity contribution in [1.82, 2.24) is 4.90 Å². The van der Waals surface area contributed by atoms with Crippen LogP contribution in [-0.4, -0.2) is 30.4 Å². The first-order chi connectivity index (χ1) is 14.5. The molecular formula is C25H32N2O3. The van der Waals surface area contributed by atoms with Gasteiger partial charge in [-0.3, -0.25) is 9.59 Å². The minimum absolute atomic E-state index is 0.0476. The van der Waals surface area contributed by atoms with Gasteiger partial charge in [0.05, 0.1) is 19.1 Å². The van der Waals surface area contributed by atoms with Gasteiger partial charge in [-0.25, -0.2) is 0 Å². The third-order valence-corrected chi connectivity index (χ3v) is 6.12. The molecule has 2 atom stereocenters. The highest BCUT2D eigenvalue weighted by Crippen LogP contribution is 2.41. The largest absolute Gasteiger partial charge is 0.496 e. The zero-order valence-electron chi connectivity index (χ0n) is 18.4. The molecule has 1 heterocycles. The maximum atomic E-state index is 13.5. The number of methoxy groups -OCH3 is 1. The van der Waals surface area contributed by atoms with Crippen molar-refractivity contribution in [2.45, 2.75) is 52.5 Å². The van der Waals surface area contributed by atoms with Gasteiger partial charge in [0.1, 0.15) is 5.75 Å². The average Bonchev–Trinajstić information content (AvgIpc) is 2.75. The molecule has 2 aromatic rings. The number of hydrogen-bond acceptors (Lipinski definition) is 3. The molecule has 0 aromatic heterocycles. The number of unbranched alkanes of at least 4 members (excludes halogenated alkanes) is 1. The Morgan fingerprint density at radius 3 is 2.67 bits per heavy atom. The lowest BCUT2D eigenvalue weighted by molar-refractivity contribution is -0.142. The molecular weight excluding hydrogens is 376 g/mol. The number of hydrogen-bond donors (Lipinski definition) is 1. The zero-order valence-corrected chi connectivity index (χ0v) is 18.4. The molecule has 160 valence electrons. The number of rotatable bonds is 7. The van der Waals surface area contributed by atoms with Crippen molar-refractivity contribution in [3.05, 3.63) is 59.2 Å². The van der Waals surface area contributed by atoms with Gasteiger partial charge in [0.25, 0.3) is 0 Å². The van der Waals surface area contributed by atoms with Crippen LogP contribution in [0.5, 0.6) is 5.75 Å². The van der Waals surface area contributed by atoms with E-state index >= 15 is 0 Å². The van der Waals surface area contributed by atoms with Gasteiger partial charge in [-0.2, -0.15) is 0 Å². The minimum atomic E-state index is -0.337. The maximum absolute atomic E-state index is 13.5. The van der Waals surface area contributed by atoms with Crippen LogP contribution in [0.4, 0.5) is 5.69 Å². The molecule has 5 nitrogen and oxygen atoms in total. The summed E-state index contributed by atoms with van der Waals surface area (Å²) in [6, 6.07) is 13.3. The molecule has 1 saturated heterocycles. The van der Waals surface area contributed by atoms with Crippen molar-refractivity contribution >= 4 is 17.5 Å². The summed E-state index contributed by atoms with van der Waals surface area (Å²) in [5.41, 5.74) is 3.92. The third kappa shape index (κ3) is 4.50. The van der Waals surface area contributed by atoms with E-state index in [9.17, 15) is 9.59 Å². The Kier molecular flexibility index (Phi) is 7.14. The van der Waals surface area contributed by atoms with E-state index in [4.69, 9.17) is 4.74 Å². The Morgan fingerprint density at radius 1 is 1.17 bits per heavy atom. The highest BCUT2D eigenvalue weighted by molar-refractivity contribution is 5.95. The van der Waals surface area contributed by atoms with Gasteiger partial charge in [-0.05, 0) is 49.9 Å². The molecule has 0 radical (unpaired) electrons. The number of piperidine rings is 1. The Labute approximate surface area is 179 Å². The second kappa shape index (κ2) is 9.79. The first-order valence-corrected chi connectivity index (χ1v) is 10.8. The van der Waals surface area contributed by atoms with Crippen LogP contribution in [-0.2, 0) is 9.59 Å². The van der Waals surface area contributed by atoms with Gasteiger partial charge in [0.2, 0.25) is 11.8 Å². The highest BCUT2D eigenvalue weighted by Gasteiger charge is 2.41. The van der Waals surface area contributed by atoms with E-state index in [1.54, 1.807) is 7.11 Å². The number of anilines is 1. The topological polar surface area (TPSA) is 58.6 Å². The monoisotopic (exact) mass is 408 g/mol. The number of likely N-dealkylation sites (tertiary alicyclic amines) is 1. The van der Waals surface area contributed by atoms with E-state index in [0.717, 1.165) is 35.2 Å². The van der Waals surface area contributed by atoms with E-state index in [2.05, 4.69) is 12.2 Å². The van der Waals surface area contributed by atoms with Gasteiger partial charge in [0, 0.05) is 24.2 Å². The summed E-state index contributed by atoms with van der Waals surface area (Å²) in [7, 11) is 1.63. The summed E-state index contributed by atoms with van der Waals surface area (Å²) in [4.78, 5) is 28.2. The zero-order chi connectivity index (χ0) is 21.7. The number of carbonyl (C=O) groups is 2. The van der Waals surface area contributed by atoms with Crippen molar-refractivity contribution in [3.63, 3.8) is 0 Å². The number of para-hydroxylation sites is 1. The molecule has 0 unspecified atom stereocenters. The van der Waals surface area contributed by atoms with Crippen molar-refractivity contribution in [2.24, 2.45) is 5.92 Å². The summed E-state index contributed by atoms with van der Waals surface area (Å²) >= 11 is 0. The molecule has 1 aliphatic heterocycles. The molecule has 0 aliphatic carbocycles. The maximum Gasteiger partial charge on any atom is 0.229 e.